The Labute approximate surface area is 183 Å². The Morgan fingerprint density at radius 1 is 1.17 bits per heavy atom. The molecule has 11 heteroatoms. The Bertz CT molecular complexity index is 1150. The van der Waals surface area contributed by atoms with E-state index in [9.17, 15) is 13.2 Å². The van der Waals surface area contributed by atoms with E-state index in [1.165, 1.54) is 36.0 Å². The van der Waals surface area contributed by atoms with Crippen molar-refractivity contribution < 1.29 is 13.2 Å². The predicted molar refractivity (Wildman–Crippen MR) is 118 cm³/mol. The van der Waals surface area contributed by atoms with Gasteiger partial charge in [0, 0.05) is 22.8 Å². The summed E-state index contributed by atoms with van der Waals surface area (Å²) in [6.45, 7) is 4.37. The second-order valence-electron chi connectivity index (χ2n) is 6.38. The number of sulfonamides is 1. The topological polar surface area (TPSA) is 120 Å². The smallest absolute Gasteiger partial charge is 0.238 e. The van der Waals surface area contributed by atoms with Crippen molar-refractivity contribution >= 4 is 45.0 Å². The second kappa shape index (κ2) is 9.17. The molecule has 1 aromatic heterocycles. The molecule has 0 saturated heterocycles. The van der Waals surface area contributed by atoms with Gasteiger partial charge in [0.15, 0.2) is 11.0 Å². The number of nitrogens with zero attached hydrogens (tertiary/aromatic N) is 3. The fraction of sp³-hybridized carbons (Fsp3) is 0.211. The summed E-state index contributed by atoms with van der Waals surface area (Å²) in [5, 5.41) is 17.1. The number of hydrogen-bond donors (Lipinski definition) is 2. The average molecular weight is 466 g/mol. The van der Waals surface area contributed by atoms with Crippen molar-refractivity contribution in [2.24, 2.45) is 5.14 Å². The number of carbonyl (C=O) groups excluding carboxylic acids is 1. The Morgan fingerprint density at radius 3 is 2.37 bits per heavy atom. The zero-order valence-corrected chi connectivity index (χ0v) is 18.6. The van der Waals surface area contributed by atoms with Gasteiger partial charge in [0.05, 0.1) is 10.1 Å². The molecule has 1 atom stereocenters. The lowest BCUT2D eigenvalue weighted by Gasteiger charge is -2.13. The van der Waals surface area contributed by atoms with E-state index in [2.05, 4.69) is 15.5 Å². The monoisotopic (exact) mass is 465 g/mol. The van der Waals surface area contributed by atoms with Crippen molar-refractivity contribution in [3.8, 4) is 11.4 Å². The van der Waals surface area contributed by atoms with Gasteiger partial charge in [0.25, 0.3) is 0 Å². The summed E-state index contributed by atoms with van der Waals surface area (Å²) >= 11 is 7.24. The largest absolute Gasteiger partial charge is 0.325 e. The summed E-state index contributed by atoms with van der Waals surface area (Å²) in [7, 11) is -3.78. The van der Waals surface area contributed by atoms with Gasteiger partial charge < -0.3 is 9.88 Å². The van der Waals surface area contributed by atoms with Crippen molar-refractivity contribution in [2.45, 2.75) is 35.7 Å². The first-order chi connectivity index (χ1) is 14.2. The number of benzene rings is 2. The maximum Gasteiger partial charge on any atom is 0.238 e. The average Bonchev–Trinajstić information content (AvgIpc) is 3.10. The molecule has 0 saturated carbocycles. The van der Waals surface area contributed by atoms with Crippen LogP contribution in [-0.2, 0) is 21.4 Å². The highest BCUT2D eigenvalue weighted by molar-refractivity contribution is 8.00. The number of thioether (sulfide) groups is 1. The van der Waals surface area contributed by atoms with Crippen LogP contribution in [0.15, 0.2) is 58.6 Å². The summed E-state index contributed by atoms with van der Waals surface area (Å²) in [5.74, 6) is 0.449. The molecular formula is C19H20ClN5O3S2. The number of hydrogen-bond acceptors (Lipinski definition) is 6. The standard InChI is InChI=1S/C19H20ClN5O3S2/c1-3-25-17(13-4-6-14(20)7-5-13)23-24-19(25)29-12(2)18(26)22-15-8-10-16(11-9-15)30(21,27)28/h4-12H,3H2,1-2H3,(H,22,26)(H2,21,27,28)/t12-/m0/s1. The van der Waals surface area contributed by atoms with E-state index in [0.717, 1.165) is 5.56 Å². The number of nitrogens with one attached hydrogen (secondary N) is 1. The number of rotatable bonds is 7. The minimum atomic E-state index is -3.78. The maximum absolute atomic E-state index is 12.6. The first kappa shape index (κ1) is 22.3. The lowest BCUT2D eigenvalue weighted by atomic mass is 10.2. The van der Waals surface area contributed by atoms with E-state index < -0.39 is 15.3 Å². The molecule has 0 aliphatic rings. The second-order valence-corrected chi connectivity index (χ2v) is 9.68. The Kier molecular flexibility index (Phi) is 6.81. The Balaban J connectivity index is 1.71. The fourth-order valence-corrected chi connectivity index (χ4v) is 4.21. The third-order valence-corrected chi connectivity index (χ3v) is 6.50. The molecule has 1 amide bonds. The molecule has 0 aliphatic heterocycles. The molecule has 3 N–H and O–H groups in total. The van der Waals surface area contributed by atoms with Gasteiger partial charge in [-0.25, -0.2) is 13.6 Å². The molecule has 2 aromatic carbocycles. The number of anilines is 1. The first-order valence-electron chi connectivity index (χ1n) is 8.98. The molecule has 0 unspecified atom stereocenters. The zero-order chi connectivity index (χ0) is 21.9. The minimum Gasteiger partial charge on any atom is -0.325 e. The molecule has 158 valence electrons. The number of primary sulfonamides is 1. The molecule has 0 radical (unpaired) electrons. The van der Waals surface area contributed by atoms with Gasteiger partial charge in [-0.2, -0.15) is 0 Å². The van der Waals surface area contributed by atoms with Crippen LogP contribution in [0.4, 0.5) is 5.69 Å². The quantitative estimate of drug-likeness (QED) is 0.516. The van der Waals surface area contributed by atoms with Crippen molar-refractivity contribution in [3.63, 3.8) is 0 Å². The van der Waals surface area contributed by atoms with E-state index >= 15 is 0 Å². The Hall–Kier alpha value is -2.40. The third-order valence-electron chi connectivity index (χ3n) is 4.24. The van der Waals surface area contributed by atoms with E-state index in [-0.39, 0.29) is 10.8 Å². The summed E-state index contributed by atoms with van der Waals surface area (Å²) in [5.41, 5.74) is 1.35. The van der Waals surface area contributed by atoms with E-state index in [1.807, 2.05) is 23.6 Å². The van der Waals surface area contributed by atoms with Gasteiger partial charge in [0.1, 0.15) is 0 Å². The number of halogens is 1. The van der Waals surface area contributed by atoms with Gasteiger partial charge in [0.2, 0.25) is 15.9 Å². The predicted octanol–water partition coefficient (Wildman–Crippen LogP) is 3.39. The van der Waals surface area contributed by atoms with Crippen LogP contribution in [0.2, 0.25) is 5.02 Å². The normalized spacial score (nSPS) is 12.5. The summed E-state index contributed by atoms with van der Waals surface area (Å²) in [6.07, 6.45) is 0. The van der Waals surface area contributed by atoms with Gasteiger partial charge in [-0.15, -0.1) is 10.2 Å². The van der Waals surface area contributed by atoms with Gasteiger partial charge in [-0.05, 0) is 62.4 Å². The van der Waals surface area contributed by atoms with Crippen LogP contribution in [0.5, 0.6) is 0 Å². The molecule has 8 nitrogen and oxygen atoms in total. The lowest BCUT2D eigenvalue weighted by Crippen LogP contribution is -2.23. The van der Waals surface area contributed by atoms with E-state index in [0.29, 0.717) is 28.2 Å². The van der Waals surface area contributed by atoms with Gasteiger partial charge in [-0.3, -0.25) is 4.79 Å². The molecule has 0 aliphatic carbocycles. The maximum atomic E-state index is 12.6. The molecule has 0 spiro atoms. The number of carbonyl (C=O) groups is 1. The lowest BCUT2D eigenvalue weighted by molar-refractivity contribution is -0.115. The molecule has 30 heavy (non-hydrogen) atoms. The molecule has 0 bridgehead atoms. The minimum absolute atomic E-state index is 0.0197. The van der Waals surface area contributed by atoms with Crippen molar-refractivity contribution in [2.75, 3.05) is 5.32 Å². The van der Waals surface area contributed by atoms with Crippen molar-refractivity contribution in [3.05, 3.63) is 53.6 Å². The highest BCUT2D eigenvalue weighted by Gasteiger charge is 2.20. The highest BCUT2D eigenvalue weighted by atomic mass is 35.5. The molecular weight excluding hydrogens is 446 g/mol. The van der Waals surface area contributed by atoms with Crippen LogP contribution >= 0.6 is 23.4 Å². The van der Waals surface area contributed by atoms with Crippen molar-refractivity contribution in [1.82, 2.24) is 14.8 Å². The van der Waals surface area contributed by atoms with Crippen molar-refractivity contribution in [1.29, 1.82) is 0 Å². The van der Waals surface area contributed by atoms with Crippen LogP contribution in [0.3, 0.4) is 0 Å². The van der Waals surface area contributed by atoms with Crippen LogP contribution in [0.25, 0.3) is 11.4 Å². The zero-order valence-electron chi connectivity index (χ0n) is 16.2. The SMILES string of the molecule is CCn1c(S[C@@H](C)C(=O)Nc2ccc(S(N)(=O)=O)cc2)nnc1-c1ccc(Cl)cc1. The van der Waals surface area contributed by atoms with Crippen LogP contribution in [-0.4, -0.2) is 34.3 Å². The molecule has 1 heterocycles. The number of amides is 1. The van der Waals surface area contributed by atoms with Crippen LogP contribution in [0.1, 0.15) is 13.8 Å². The first-order valence-corrected chi connectivity index (χ1v) is 11.8. The van der Waals surface area contributed by atoms with Gasteiger partial charge in [-0.1, -0.05) is 23.4 Å². The summed E-state index contributed by atoms with van der Waals surface area (Å²) < 4.78 is 24.6. The molecule has 3 aromatic rings. The number of nitrogens with two attached hydrogens (primary N) is 1. The fourth-order valence-electron chi connectivity index (χ4n) is 2.66. The summed E-state index contributed by atoms with van der Waals surface area (Å²) in [4.78, 5) is 12.5. The van der Waals surface area contributed by atoms with Gasteiger partial charge >= 0.3 is 0 Å². The third kappa shape index (κ3) is 5.20. The Morgan fingerprint density at radius 2 is 1.80 bits per heavy atom. The molecule has 3 rings (SSSR count). The van der Waals surface area contributed by atoms with E-state index in [4.69, 9.17) is 16.7 Å². The molecule has 0 fully saturated rings. The van der Waals surface area contributed by atoms with Crippen LogP contribution in [0, 0.1) is 0 Å². The number of aromatic nitrogens is 3. The van der Waals surface area contributed by atoms with E-state index in [1.54, 1.807) is 19.1 Å². The summed E-state index contributed by atoms with van der Waals surface area (Å²) in [6, 6.07) is 13.0. The van der Waals surface area contributed by atoms with Crippen LogP contribution < -0.4 is 10.5 Å². The highest BCUT2D eigenvalue weighted by Crippen LogP contribution is 2.28.